The number of rotatable bonds is 6. The van der Waals surface area contributed by atoms with E-state index in [1.807, 2.05) is 49.4 Å². The predicted molar refractivity (Wildman–Crippen MR) is 116 cm³/mol. The molecule has 1 unspecified atom stereocenters. The summed E-state index contributed by atoms with van der Waals surface area (Å²) in [7, 11) is 0. The fourth-order valence-electron chi connectivity index (χ4n) is 4.06. The first-order valence-corrected chi connectivity index (χ1v) is 10.7. The van der Waals surface area contributed by atoms with Gasteiger partial charge in [0.15, 0.2) is 5.78 Å². The topological polar surface area (TPSA) is 88.4 Å². The third-order valence-electron chi connectivity index (χ3n) is 5.95. The Kier molecular flexibility index (Phi) is 6.45. The van der Waals surface area contributed by atoms with E-state index in [9.17, 15) is 14.9 Å². The first kappa shape index (κ1) is 21.2. The Balaban J connectivity index is 1.40. The van der Waals surface area contributed by atoms with Crippen molar-refractivity contribution in [3.8, 4) is 22.9 Å². The maximum atomic E-state index is 12.5. The maximum Gasteiger partial charge on any atom is 0.318 e. The van der Waals surface area contributed by atoms with E-state index < -0.39 is 6.10 Å². The molecule has 2 aliphatic heterocycles. The number of carbonyl (C=O) groups excluding carboxylic acids is 2. The monoisotopic (exact) mass is 418 g/mol. The van der Waals surface area contributed by atoms with Gasteiger partial charge in [-0.2, -0.15) is 5.26 Å². The summed E-state index contributed by atoms with van der Waals surface area (Å²) in [5.41, 5.74) is 3.96. The number of hydrogen-bond acceptors (Lipinski definition) is 6. The molecular weight excluding hydrogens is 392 g/mol. The van der Waals surface area contributed by atoms with E-state index >= 15 is 0 Å². The van der Waals surface area contributed by atoms with E-state index in [2.05, 4.69) is 11.4 Å². The Bertz CT molecular complexity index is 1000. The number of ketones is 1. The molecule has 31 heavy (non-hydrogen) atoms. The fourth-order valence-corrected chi connectivity index (χ4v) is 4.06. The molecule has 6 nitrogen and oxygen atoms in total. The van der Waals surface area contributed by atoms with Crippen molar-refractivity contribution in [2.24, 2.45) is 5.92 Å². The van der Waals surface area contributed by atoms with Gasteiger partial charge >= 0.3 is 5.97 Å². The molecule has 0 aliphatic carbocycles. The van der Waals surface area contributed by atoms with Crippen molar-refractivity contribution >= 4 is 11.8 Å². The van der Waals surface area contributed by atoms with E-state index in [0.29, 0.717) is 25.3 Å². The van der Waals surface area contributed by atoms with Crippen molar-refractivity contribution in [1.82, 2.24) is 5.32 Å². The Hall–Kier alpha value is -3.01. The van der Waals surface area contributed by atoms with E-state index in [0.717, 1.165) is 35.2 Å². The average molecular weight is 418 g/mol. The SMILES string of the molecule is CC1C(=O)Oc2ccc(-c3ccc(C[C@@H](C#N)CC(=O)[C@@H]4CNCCCO4)cc3)cc21. The lowest BCUT2D eigenvalue weighted by molar-refractivity contribution is -0.133. The van der Waals surface area contributed by atoms with Gasteiger partial charge in [-0.3, -0.25) is 9.59 Å². The number of ether oxygens (including phenoxy) is 2. The third kappa shape index (κ3) is 4.84. The highest BCUT2D eigenvalue weighted by atomic mass is 16.5. The maximum absolute atomic E-state index is 12.5. The number of nitrogens with one attached hydrogen (secondary N) is 1. The van der Waals surface area contributed by atoms with Crippen LogP contribution in [0.25, 0.3) is 11.1 Å². The van der Waals surface area contributed by atoms with Crippen LogP contribution in [0.4, 0.5) is 0 Å². The Morgan fingerprint density at radius 2 is 2.00 bits per heavy atom. The van der Waals surface area contributed by atoms with Crippen LogP contribution in [-0.2, 0) is 20.7 Å². The number of nitrogens with zero attached hydrogens (tertiary/aromatic N) is 1. The van der Waals surface area contributed by atoms with Gasteiger partial charge < -0.3 is 14.8 Å². The number of Topliss-reactive ketones (excluding diaryl/α,β-unsaturated/α-hetero) is 1. The standard InChI is InChI=1S/C25H26N2O4/c1-16-21-13-20(7-8-23(21)31-25(16)29)19-5-3-17(4-6-19)11-18(14-26)12-22(28)24-15-27-9-2-10-30-24/h3-8,13,16,18,24,27H,2,9-12,15H2,1H3/t16?,18-,24+/m1/s1. The number of esters is 1. The second-order valence-electron chi connectivity index (χ2n) is 8.21. The zero-order valence-electron chi connectivity index (χ0n) is 17.6. The van der Waals surface area contributed by atoms with Crippen LogP contribution < -0.4 is 10.1 Å². The average Bonchev–Trinajstić information content (AvgIpc) is 2.96. The van der Waals surface area contributed by atoms with Crippen molar-refractivity contribution in [1.29, 1.82) is 5.26 Å². The van der Waals surface area contributed by atoms with E-state index in [-0.39, 0.29) is 30.0 Å². The lowest BCUT2D eigenvalue weighted by atomic mass is 9.92. The Morgan fingerprint density at radius 3 is 2.77 bits per heavy atom. The van der Waals surface area contributed by atoms with Crippen LogP contribution in [0.15, 0.2) is 42.5 Å². The van der Waals surface area contributed by atoms with Gasteiger partial charge in [-0.1, -0.05) is 30.3 Å². The van der Waals surface area contributed by atoms with E-state index in [4.69, 9.17) is 9.47 Å². The number of nitriles is 1. The summed E-state index contributed by atoms with van der Waals surface area (Å²) in [6, 6.07) is 16.1. The summed E-state index contributed by atoms with van der Waals surface area (Å²) in [6.07, 6.45) is 1.15. The minimum atomic E-state index is -0.459. The molecule has 0 radical (unpaired) electrons. The van der Waals surface area contributed by atoms with Gasteiger partial charge in [0, 0.05) is 25.1 Å². The molecule has 160 valence electrons. The van der Waals surface area contributed by atoms with Gasteiger partial charge in [0.05, 0.1) is 17.9 Å². The smallest absolute Gasteiger partial charge is 0.318 e. The fraction of sp³-hybridized carbons (Fsp3) is 0.400. The molecule has 0 bridgehead atoms. The minimum Gasteiger partial charge on any atom is -0.426 e. The molecule has 3 atom stereocenters. The highest BCUT2D eigenvalue weighted by molar-refractivity contribution is 5.87. The second-order valence-corrected chi connectivity index (χ2v) is 8.21. The first-order chi connectivity index (χ1) is 15.0. The summed E-state index contributed by atoms with van der Waals surface area (Å²) in [6.45, 7) is 3.79. The van der Waals surface area contributed by atoms with Crippen molar-refractivity contribution in [2.45, 2.75) is 38.2 Å². The molecule has 2 aromatic rings. The highest BCUT2D eigenvalue weighted by Gasteiger charge is 2.29. The quantitative estimate of drug-likeness (QED) is 0.571. The van der Waals surface area contributed by atoms with Gasteiger partial charge in [0.2, 0.25) is 0 Å². The van der Waals surface area contributed by atoms with Crippen molar-refractivity contribution in [2.75, 3.05) is 19.7 Å². The molecular formula is C25H26N2O4. The molecule has 2 heterocycles. The summed E-state index contributed by atoms with van der Waals surface area (Å²) in [5, 5.41) is 12.8. The molecule has 4 rings (SSSR count). The lowest BCUT2D eigenvalue weighted by Gasteiger charge is -2.16. The minimum absolute atomic E-state index is 0.0124. The molecule has 0 aromatic heterocycles. The zero-order valence-corrected chi connectivity index (χ0v) is 17.6. The van der Waals surface area contributed by atoms with Crippen molar-refractivity contribution in [3.05, 3.63) is 53.6 Å². The second kappa shape index (κ2) is 9.42. The molecule has 1 saturated heterocycles. The molecule has 0 saturated carbocycles. The van der Waals surface area contributed by atoms with Gasteiger partial charge in [-0.05, 0) is 55.1 Å². The number of hydrogen-bond donors (Lipinski definition) is 1. The normalized spacial score (nSPS) is 21.5. The Labute approximate surface area is 182 Å². The van der Waals surface area contributed by atoms with Crippen LogP contribution in [0.3, 0.4) is 0 Å². The zero-order chi connectivity index (χ0) is 21.8. The molecule has 1 N–H and O–H groups in total. The summed E-state index contributed by atoms with van der Waals surface area (Å²) < 4.78 is 10.9. The van der Waals surface area contributed by atoms with Gasteiger partial charge in [0.1, 0.15) is 11.9 Å². The first-order valence-electron chi connectivity index (χ1n) is 10.7. The third-order valence-corrected chi connectivity index (χ3v) is 5.95. The van der Waals surface area contributed by atoms with Crippen LogP contribution in [-0.4, -0.2) is 37.6 Å². The summed E-state index contributed by atoms with van der Waals surface area (Å²) >= 11 is 0. The van der Waals surface area contributed by atoms with Crippen molar-refractivity contribution < 1.29 is 19.1 Å². The molecule has 1 fully saturated rings. The molecule has 6 heteroatoms. The Morgan fingerprint density at radius 1 is 1.23 bits per heavy atom. The van der Waals surface area contributed by atoms with E-state index in [1.165, 1.54) is 0 Å². The lowest BCUT2D eigenvalue weighted by Crippen LogP contribution is -2.34. The predicted octanol–water partition coefficient (Wildman–Crippen LogP) is 3.40. The molecule has 0 spiro atoms. The molecule has 0 amide bonds. The molecule has 2 aromatic carbocycles. The van der Waals surface area contributed by atoms with Crippen LogP contribution in [0.2, 0.25) is 0 Å². The van der Waals surface area contributed by atoms with Gasteiger partial charge in [0.25, 0.3) is 0 Å². The number of benzene rings is 2. The van der Waals surface area contributed by atoms with Crippen LogP contribution >= 0.6 is 0 Å². The highest BCUT2D eigenvalue weighted by Crippen LogP contribution is 2.37. The molecule has 2 aliphatic rings. The van der Waals surface area contributed by atoms with Crippen LogP contribution in [0.1, 0.15) is 36.8 Å². The van der Waals surface area contributed by atoms with Crippen LogP contribution in [0, 0.1) is 17.2 Å². The summed E-state index contributed by atoms with van der Waals surface area (Å²) in [5.74, 6) is -0.233. The van der Waals surface area contributed by atoms with Crippen LogP contribution in [0.5, 0.6) is 5.75 Å². The van der Waals surface area contributed by atoms with Gasteiger partial charge in [-0.25, -0.2) is 0 Å². The van der Waals surface area contributed by atoms with E-state index in [1.54, 1.807) is 0 Å². The van der Waals surface area contributed by atoms with Gasteiger partial charge in [-0.15, -0.1) is 0 Å². The van der Waals surface area contributed by atoms with Crippen molar-refractivity contribution in [3.63, 3.8) is 0 Å². The number of fused-ring (bicyclic) bond motifs is 1. The number of carbonyl (C=O) groups is 2. The summed E-state index contributed by atoms with van der Waals surface area (Å²) in [4.78, 5) is 24.3. The largest absolute Gasteiger partial charge is 0.426 e.